The topological polar surface area (TPSA) is 81.9 Å². The molecule has 24 heavy (non-hydrogen) atoms. The smallest absolute Gasteiger partial charge is 0.416 e. The highest BCUT2D eigenvalue weighted by Crippen LogP contribution is 2.30. The number of carbonyl (C=O) groups excluding carboxylic acids is 2. The summed E-state index contributed by atoms with van der Waals surface area (Å²) in [7, 11) is 1.31. The highest BCUT2D eigenvalue weighted by atomic mass is 19.4. The molecule has 6 nitrogen and oxygen atoms in total. The summed E-state index contributed by atoms with van der Waals surface area (Å²) in [5.41, 5.74) is 4.92. The van der Waals surface area contributed by atoms with Crippen LogP contribution in [0, 0.1) is 5.92 Å². The van der Waals surface area contributed by atoms with Crippen LogP contribution < -0.4 is 10.6 Å². The summed E-state index contributed by atoms with van der Waals surface area (Å²) >= 11 is 0. The maximum absolute atomic E-state index is 12.5. The molecule has 0 saturated carbocycles. The lowest BCUT2D eigenvalue weighted by Gasteiger charge is -2.18. The van der Waals surface area contributed by atoms with Crippen LogP contribution in [0.4, 0.5) is 23.7 Å². The van der Waals surface area contributed by atoms with Crippen LogP contribution in [0.15, 0.2) is 24.3 Å². The van der Waals surface area contributed by atoms with Crippen LogP contribution in [0.1, 0.15) is 19.4 Å². The van der Waals surface area contributed by atoms with Gasteiger partial charge in [-0.05, 0) is 30.2 Å². The number of esters is 1. The maximum atomic E-state index is 12.5. The van der Waals surface area contributed by atoms with E-state index in [0.29, 0.717) is 0 Å². The molecule has 0 aliphatic rings. The number of anilines is 1. The van der Waals surface area contributed by atoms with Crippen molar-refractivity contribution in [2.45, 2.75) is 26.1 Å². The molecule has 9 heteroatoms. The molecule has 1 aromatic carbocycles. The number of benzene rings is 1. The maximum Gasteiger partial charge on any atom is 0.416 e. The quantitative estimate of drug-likeness (QED) is 0.654. The molecule has 1 aromatic rings. The monoisotopic (exact) mass is 348 g/mol. The van der Waals surface area contributed by atoms with E-state index >= 15 is 0 Å². The molecule has 0 radical (unpaired) electrons. The third kappa shape index (κ3) is 5.41. The van der Waals surface area contributed by atoms with Gasteiger partial charge >= 0.3 is 18.2 Å². The van der Waals surface area contributed by atoms with Crippen molar-refractivity contribution in [3.63, 3.8) is 0 Å². The van der Waals surface area contributed by atoms with E-state index in [1.807, 2.05) is 0 Å². The van der Waals surface area contributed by atoms with Gasteiger partial charge in [0.25, 0.3) is 0 Å². The number of halogens is 3. The normalized spacial score (nSPS) is 12.7. The second-order valence-electron chi connectivity index (χ2n) is 5.36. The minimum absolute atomic E-state index is 0.136. The first-order valence-electron chi connectivity index (χ1n) is 7.04. The second-order valence-corrected chi connectivity index (χ2v) is 5.36. The molecule has 0 unspecified atom stereocenters. The fourth-order valence-electron chi connectivity index (χ4n) is 1.58. The molecule has 1 atom stereocenters. The first kappa shape index (κ1) is 19.8. The van der Waals surface area contributed by atoms with Crippen LogP contribution in [0.5, 0.6) is 0 Å². The van der Waals surface area contributed by atoms with Gasteiger partial charge in [-0.1, -0.05) is 13.8 Å². The van der Waals surface area contributed by atoms with Crippen molar-refractivity contribution in [1.82, 2.24) is 0 Å². The average Bonchev–Trinajstić information content (AvgIpc) is 2.52. The zero-order valence-corrected chi connectivity index (χ0v) is 13.5. The number of nitrogens with two attached hydrogens (primary N) is 1. The second kappa shape index (κ2) is 8.00. The van der Waals surface area contributed by atoms with Gasteiger partial charge in [-0.25, -0.2) is 4.79 Å². The summed E-state index contributed by atoms with van der Waals surface area (Å²) in [6, 6.07) is 3.12. The van der Waals surface area contributed by atoms with Crippen molar-refractivity contribution in [2.24, 2.45) is 11.7 Å². The van der Waals surface area contributed by atoms with Crippen LogP contribution in [-0.4, -0.2) is 31.9 Å². The van der Waals surface area contributed by atoms with E-state index in [9.17, 15) is 22.8 Å². The summed E-state index contributed by atoms with van der Waals surface area (Å²) in [5, 5.41) is 0. The third-order valence-corrected chi connectivity index (χ3v) is 3.23. The Hall–Kier alpha value is -2.29. The molecular weight excluding hydrogens is 329 g/mol. The Kier molecular flexibility index (Phi) is 6.59. The van der Waals surface area contributed by atoms with Crippen molar-refractivity contribution in [2.75, 3.05) is 18.7 Å². The van der Waals surface area contributed by atoms with Gasteiger partial charge in [-0.2, -0.15) is 13.2 Å². The lowest BCUT2D eigenvalue weighted by molar-refractivity contribution is -0.154. The Labute approximate surface area is 137 Å². The molecule has 1 rings (SSSR count). The Morgan fingerprint density at radius 3 is 2.17 bits per heavy atom. The van der Waals surface area contributed by atoms with Crippen molar-refractivity contribution in [1.29, 1.82) is 0 Å². The Balaban J connectivity index is 2.55. The summed E-state index contributed by atoms with van der Waals surface area (Å²) in [6.45, 7) is 2.83. The molecule has 1 amide bonds. The summed E-state index contributed by atoms with van der Waals surface area (Å²) in [4.78, 5) is 24.2. The number of rotatable bonds is 5. The standard InChI is InChI=1S/C15H19F3N2O4/c1-9(2)12(19)13(21)23-8-24-14(22)20(3)11-6-4-10(5-7-11)15(16,17)18/h4-7,9,12H,8,19H2,1-3H3/t12-/m0/s1. The summed E-state index contributed by atoms with van der Waals surface area (Å²) in [6.07, 6.45) is -5.35. The Morgan fingerprint density at radius 2 is 1.71 bits per heavy atom. The molecule has 0 bridgehead atoms. The lowest BCUT2D eigenvalue weighted by Crippen LogP contribution is -2.38. The third-order valence-electron chi connectivity index (χ3n) is 3.23. The van der Waals surface area contributed by atoms with Crippen LogP contribution in [0.2, 0.25) is 0 Å². The fraction of sp³-hybridized carbons (Fsp3) is 0.467. The predicted octanol–water partition coefficient (Wildman–Crippen LogP) is 2.76. The predicted molar refractivity (Wildman–Crippen MR) is 80.1 cm³/mol. The van der Waals surface area contributed by atoms with Crippen LogP contribution >= 0.6 is 0 Å². The zero-order valence-electron chi connectivity index (χ0n) is 13.5. The molecule has 0 saturated heterocycles. The first-order valence-corrected chi connectivity index (χ1v) is 7.04. The SMILES string of the molecule is CC(C)[C@H](N)C(=O)OCOC(=O)N(C)c1ccc(C(F)(F)F)cc1. The van der Waals surface area contributed by atoms with E-state index in [0.717, 1.165) is 29.2 Å². The lowest BCUT2D eigenvalue weighted by atomic mass is 10.1. The van der Waals surface area contributed by atoms with E-state index in [4.69, 9.17) is 15.2 Å². The number of alkyl halides is 3. The number of hydrogen-bond acceptors (Lipinski definition) is 5. The number of ether oxygens (including phenoxy) is 2. The highest BCUT2D eigenvalue weighted by Gasteiger charge is 2.30. The number of amides is 1. The van der Waals surface area contributed by atoms with E-state index in [1.165, 1.54) is 7.05 Å². The summed E-state index contributed by atoms with van der Waals surface area (Å²) < 4.78 is 46.9. The molecule has 0 spiro atoms. The van der Waals surface area contributed by atoms with E-state index in [2.05, 4.69) is 0 Å². The fourth-order valence-corrected chi connectivity index (χ4v) is 1.58. The summed E-state index contributed by atoms with van der Waals surface area (Å²) in [5.74, 6) is -0.849. The highest BCUT2D eigenvalue weighted by molar-refractivity contribution is 5.87. The number of hydrogen-bond donors (Lipinski definition) is 1. The van der Waals surface area contributed by atoms with Crippen LogP contribution in [-0.2, 0) is 20.4 Å². The van der Waals surface area contributed by atoms with E-state index < -0.39 is 36.6 Å². The van der Waals surface area contributed by atoms with Gasteiger partial charge in [-0.3, -0.25) is 9.69 Å². The Morgan fingerprint density at radius 1 is 1.17 bits per heavy atom. The van der Waals surface area contributed by atoms with Gasteiger partial charge < -0.3 is 15.2 Å². The molecule has 134 valence electrons. The molecule has 2 N–H and O–H groups in total. The van der Waals surface area contributed by atoms with Crippen LogP contribution in [0.3, 0.4) is 0 Å². The van der Waals surface area contributed by atoms with E-state index in [-0.39, 0.29) is 11.6 Å². The van der Waals surface area contributed by atoms with Gasteiger partial charge in [0.2, 0.25) is 6.79 Å². The van der Waals surface area contributed by atoms with Crippen molar-refractivity contribution >= 4 is 17.7 Å². The first-order chi connectivity index (χ1) is 11.0. The molecular formula is C15H19F3N2O4. The number of carbonyl (C=O) groups is 2. The van der Waals surface area contributed by atoms with Gasteiger partial charge in [0.1, 0.15) is 6.04 Å². The number of nitrogens with zero attached hydrogens (tertiary/aromatic N) is 1. The van der Waals surface area contributed by atoms with E-state index in [1.54, 1.807) is 13.8 Å². The van der Waals surface area contributed by atoms with Gasteiger partial charge in [0.15, 0.2) is 0 Å². The molecule has 0 heterocycles. The zero-order chi connectivity index (χ0) is 18.5. The molecule has 0 aliphatic heterocycles. The molecule has 0 aliphatic carbocycles. The minimum atomic E-state index is -4.46. The average molecular weight is 348 g/mol. The van der Waals surface area contributed by atoms with Crippen molar-refractivity contribution in [3.8, 4) is 0 Å². The van der Waals surface area contributed by atoms with Gasteiger partial charge in [-0.15, -0.1) is 0 Å². The van der Waals surface area contributed by atoms with Crippen LogP contribution in [0.25, 0.3) is 0 Å². The Bertz CT molecular complexity index is 573. The minimum Gasteiger partial charge on any atom is -0.427 e. The van der Waals surface area contributed by atoms with Crippen molar-refractivity contribution in [3.05, 3.63) is 29.8 Å². The largest absolute Gasteiger partial charge is 0.427 e. The molecule has 0 aromatic heterocycles. The molecule has 0 fully saturated rings. The van der Waals surface area contributed by atoms with Gasteiger partial charge in [0, 0.05) is 12.7 Å². The van der Waals surface area contributed by atoms with Crippen molar-refractivity contribution < 1.29 is 32.2 Å². The van der Waals surface area contributed by atoms with Gasteiger partial charge in [0.05, 0.1) is 5.56 Å².